The van der Waals surface area contributed by atoms with Crippen molar-refractivity contribution < 1.29 is 9.90 Å². The molecule has 0 bridgehead atoms. The first-order valence-corrected chi connectivity index (χ1v) is 3.95. The first kappa shape index (κ1) is 10.8. The molecule has 0 saturated heterocycles. The lowest BCUT2D eigenvalue weighted by Gasteiger charge is -2.04. The highest BCUT2D eigenvalue weighted by Crippen LogP contribution is 2.10. The van der Waals surface area contributed by atoms with Crippen molar-refractivity contribution in [3.8, 4) is 0 Å². The third-order valence-corrected chi connectivity index (χ3v) is 1.51. The van der Waals surface area contributed by atoms with Gasteiger partial charge >= 0.3 is 5.97 Å². The molecule has 3 nitrogen and oxygen atoms in total. The van der Waals surface area contributed by atoms with Crippen molar-refractivity contribution in [2.75, 3.05) is 0 Å². The molecule has 0 heterocycles. The molecule has 0 aromatic heterocycles. The summed E-state index contributed by atoms with van der Waals surface area (Å²) in [6.45, 7) is 5.43. The van der Waals surface area contributed by atoms with E-state index in [0.29, 0.717) is 18.5 Å². The zero-order valence-electron chi connectivity index (χ0n) is 7.34. The van der Waals surface area contributed by atoms with Crippen molar-refractivity contribution in [3.63, 3.8) is 0 Å². The summed E-state index contributed by atoms with van der Waals surface area (Å²) in [4.78, 5) is 10.6. The van der Waals surface area contributed by atoms with E-state index in [2.05, 4.69) is 6.58 Å². The molecule has 0 aliphatic rings. The average Bonchev–Trinajstić information content (AvgIpc) is 1.99. The second kappa shape index (κ2) is 5.41. The maximum atomic E-state index is 10.6. The van der Waals surface area contributed by atoms with Crippen LogP contribution in [0, 0.1) is 0 Å². The minimum atomic E-state index is -0.944. The van der Waals surface area contributed by atoms with E-state index in [1.54, 1.807) is 6.08 Å². The zero-order chi connectivity index (χ0) is 9.56. The lowest BCUT2D eigenvalue weighted by atomic mass is 10.1. The molecule has 0 radical (unpaired) electrons. The van der Waals surface area contributed by atoms with Gasteiger partial charge in [0, 0.05) is 5.70 Å². The van der Waals surface area contributed by atoms with Crippen molar-refractivity contribution in [3.05, 3.63) is 23.9 Å². The van der Waals surface area contributed by atoms with Crippen molar-refractivity contribution >= 4 is 5.97 Å². The van der Waals surface area contributed by atoms with Crippen molar-refractivity contribution in [1.29, 1.82) is 0 Å². The van der Waals surface area contributed by atoms with Crippen LogP contribution in [0.4, 0.5) is 0 Å². The third kappa shape index (κ3) is 3.23. The molecule has 12 heavy (non-hydrogen) atoms. The van der Waals surface area contributed by atoms with Gasteiger partial charge in [0.1, 0.15) is 0 Å². The Hall–Kier alpha value is -1.25. The molecule has 0 atom stereocenters. The summed E-state index contributed by atoms with van der Waals surface area (Å²) in [6.07, 6.45) is 3.38. The molecule has 68 valence electrons. The molecule has 0 unspecified atom stereocenters. The maximum absolute atomic E-state index is 10.6. The number of hydrogen-bond donors (Lipinski definition) is 2. The Labute approximate surface area is 72.6 Å². The van der Waals surface area contributed by atoms with E-state index in [1.807, 2.05) is 6.92 Å². The lowest BCUT2D eigenvalue weighted by Crippen LogP contribution is -2.09. The highest BCUT2D eigenvalue weighted by Gasteiger charge is 2.09. The van der Waals surface area contributed by atoms with E-state index >= 15 is 0 Å². The summed E-state index contributed by atoms with van der Waals surface area (Å²) in [5.74, 6) is -0.944. The molecule has 3 heteroatoms. The Bertz CT molecular complexity index is 207. The van der Waals surface area contributed by atoms with Gasteiger partial charge in [-0.25, -0.2) is 4.79 Å². The van der Waals surface area contributed by atoms with Gasteiger partial charge < -0.3 is 10.8 Å². The molecule has 0 aliphatic carbocycles. The van der Waals surface area contributed by atoms with Crippen LogP contribution in [-0.4, -0.2) is 11.1 Å². The summed E-state index contributed by atoms with van der Waals surface area (Å²) in [5, 5.41) is 8.72. The quantitative estimate of drug-likeness (QED) is 0.486. The number of allylic oxidation sites excluding steroid dienone is 2. The van der Waals surface area contributed by atoms with Gasteiger partial charge in [0.15, 0.2) is 0 Å². The molecule has 0 amide bonds. The van der Waals surface area contributed by atoms with Gasteiger partial charge in [-0.2, -0.15) is 0 Å². The van der Waals surface area contributed by atoms with Crippen LogP contribution in [0.3, 0.4) is 0 Å². The number of hydrogen-bond acceptors (Lipinski definition) is 2. The SMILES string of the molecule is C=CC/C(C(=O)O)=C(\N)CCC. The highest BCUT2D eigenvalue weighted by atomic mass is 16.4. The number of carboxylic acid groups (broad SMARTS) is 1. The summed E-state index contributed by atoms with van der Waals surface area (Å²) in [6, 6.07) is 0. The van der Waals surface area contributed by atoms with Gasteiger partial charge in [0.05, 0.1) is 5.57 Å². The number of carboxylic acids is 1. The van der Waals surface area contributed by atoms with Crippen LogP contribution < -0.4 is 5.73 Å². The first-order valence-electron chi connectivity index (χ1n) is 3.95. The molecule has 0 saturated carbocycles. The summed E-state index contributed by atoms with van der Waals surface area (Å²) in [5.41, 5.74) is 6.30. The van der Waals surface area contributed by atoms with E-state index in [1.165, 1.54) is 0 Å². The van der Waals surface area contributed by atoms with E-state index in [9.17, 15) is 4.79 Å². The van der Waals surface area contributed by atoms with Crippen LogP contribution in [0.25, 0.3) is 0 Å². The molecule has 0 aromatic carbocycles. The second-order valence-electron chi connectivity index (χ2n) is 2.55. The Kier molecular flexibility index (Phi) is 4.84. The molecular formula is C9H15NO2. The largest absolute Gasteiger partial charge is 0.478 e. The van der Waals surface area contributed by atoms with Crippen LogP contribution in [0.1, 0.15) is 26.2 Å². The Morgan fingerprint density at radius 1 is 1.67 bits per heavy atom. The van der Waals surface area contributed by atoms with Crippen molar-refractivity contribution in [2.45, 2.75) is 26.2 Å². The normalized spacial score (nSPS) is 12.1. The van der Waals surface area contributed by atoms with Gasteiger partial charge in [-0.05, 0) is 12.8 Å². The van der Waals surface area contributed by atoms with E-state index in [0.717, 1.165) is 6.42 Å². The van der Waals surface area contributed by atoms with E-state index in [-0.39, 0.29) is 5.57 Å². The Balaban J connectivity index is 4.54. The second-order valence-corrected chi connectivity index (χ2v) is 2.55. The van der Waals surface area contributed by atoms with Gasteiger partial charge in [0.25, 0.3) is 0 Å². The zero-order valence-corrected chi connectivity index (χ0v) is 7.34. The fraction of sp³-hybridized carbons (Fsp3) is 0.444. The van der Waals surface area contributed by atoms with Crippen LogP contribution in [-0.2, 0) is 4.79 Å². The predicted octanol–water partition coefficient (Wildman–Crippen LogP) is 1.66. The summed E-state index contributed by atoms with van der Waals surface area (Å²) in [7, 11) is 0. The third-order valence-electron chi connectivity index (χ3n) is 1.51. The molecule has 0 aliphatic heterocycles. The first-order chi connectivity index (χ1) is 5.63. The van der Waals surface area contributed by atoms with Crippen molar-refractivity contribution in [2.24, 2.45) is 5.73 Å². The monoisotopic (exact) mass is 169 g/mol. The van der Waals surface area contributed by atoms with Crippen molar-refractivity contribution in [1.82, 2.24) is 0 Å². The van der Waals surface area contributed by atoms with Gasteiger partial charge in [-0.1, -0.05) is 19.4 Å². The maximum Gasteiger partial charge on any atom is 0.333 e. The number of rotatable bonds is 5. The lowest BCUT2D eigenvalue weighted by molar-refractivity contribution is -0.132. The molecule has 0 rings (SSSR count). The van der Waals surface area contributed by atoms with Crippen LogP contribution in [0.2, 0.25) is 0 Å². The highest BCUT2D eigenvalue weighted by molar-refractivity contribution is 5.87. The molecular weight excluding hydrogens is 154 g/mol. The van der Waals surface area contributed by atoms with Crippen LogP contribution in [0.15, 0.2) is 23.9 Å². The standard InChI is InChI=1S/C9H15NO2/c1-3-5-7(9(11)12)8(10)6-4-2/h3H,1,4-6,10H2,2H3,(H,11,12)/b8-7+. The fourth-order valence-electron chi connectivity index (χ4n) is 0.920. The summed E-state index contributed by atoms with van der Waals surface area (Å²) >= 11 is 0. The van der Waals surface area contributed by atoms with Gasteiger partial charge in [-0.3, -0.25) is 0 Å². The fourth-order valence-corrected chi connectivity index (χ4v) is 0.920. The molecule has 0 fully saturated rings. The van der Waals surface area contributed by atoms with Crippen LogP contribution >= 0.6 is 0 Å². The molecule has 0 spiro atoms. The van der Waals surface area contributed by atoms with Crippen LogP contribution in [0.5, 0.6) is 0 Å². The minimum absolute atomic E-state index is 0.270. The number of aliphatic carboxylic acids is 1. The summed E-state index contributed by atoms with van der Waals surface area (Å²) < 4.78 is 0. The molecule has 3 N–H and O–H groups in total. The van der Waals surface area contributed by atoms with E-state index in [4.69, 9.17) is 10.8 Å². The Morgan fingerprint density at radius 3 is 2.58 bits per heavy atom. The number of carbonyl (C=O) groups is 1. The smallest absolute Gasteiger partial charge is 0.333 e. The minimum Gasteiger partial charge on any atom is -0.478 e. The molecule has 0 aromatic rings. The average molecular weight is 169 g/mol. The topological polar surface area (TPSA) is 63.3 Å². The van der Waals surface area contributed by atoms with Gasteiger partial charge in [0.2, 0.25) is 0 Å². The number of nitrogens with two attached hydrogens (primary N) is 1. The van der Waals surface area contributed by atoms with E-state index < -0.39 is 5.97 Å². The Morgan fingerprint density at radius 2 is 2.25 bits per heavy atom. The predicted molar refractivity (Wildman–Crippen MR) is 48.6 cm³/mol. The van der Waals surface area contributed by atoms with Gasteiger partial charge in [-0.15, -0.1) is 6.58 Å².